The second-order valence-corrected chi connectivity index (χ2v) is 13.2. The molecule has 3 N–H and O–H groups in total. The number of hydrogen-bond acceptors (Lipinski definition) is 11. The summed E-state index contributed by atoms with van der Waals surface area (Å²) in [5, 5.41) is 17.5. The zero-order chi connectivity index (χ0) is 39.3. The number of nitrogens with zero attached hydrogens (tertiary/aromatic N) is 8. The lowest BCUT2D eigenvalue weighted by atomic mass is 10.1. The number of aromatic nitrogens is 8. The molecule has 0 saturated carbocycles. The predicted octanol–water partition coefficient (Wildman–Crippen LogP) is 4.99. The second-order valence-electron chi connectivity index (χ2n) is 13.2. The van der Waals surface area contributed by atoms with Crippen LogP contribution < -0.4 is 25.4 Å². The lowest BCUT2D eigenvalue weighted by Gasteiger charge is -2.14. The normalized spacial score (nSPS) is 13.7. The number of carbonyl (C=O) groups excluding carboxylic acids is 3. The standard InChI is InChI=1S/C38H42FN11O6/c1-5-50-29(18-24(3)46-50)35(52)45-38-44-27-16-23(2)17-30-32(27)49(38)13-7-6-12-48-33-28(43-37(48)40-4)19-25(20-31(33)55-15-9-14-54-30)34(51)41-10-8-11-47-22-26(21-42-47)36(53)56-39/h6-7,16-22H,5,8-15H2,1-4H3,(H,40,43)(H,41,51)(H,44,45,52)/b7-6+. The van der Waals surface area contributed by atoms with Gasteiger partial charge in [-0.1, -0.05) is 12.2 Å². The summed E-state index contributed by atoms with van der Waals surface area (Å²) in [6.07, 6.45) is 7.60. The Labute approximate surface area is 320 Å². The Hall–Kier alpha value is -6.72. The molecule has 2 amide bonds. The molecule has 0 atom stereocenters. The summed E-state index contributed by atoms with van der Waals surface area (Å²) in [4.78, 5) is 51.2. The maximum atomic E-state index is 13.5. The van der Waals surface area contributed by atoms with Crippen LogP contribution >= 0.6 is 0 Å². The fraction of sp³-hybridized carbons (Fsp3) is 0.342. The van der Waals surface area contributed by atoms with Gasteiger partial charge in [-0.25, -0.2) is 19.7 Å². The van der Waals surface area contributed by atoms with Crippen LogP contribution in [0.25, 0.3) is 22.1 Å². The van der Waals surface area contributed by atoms with Crippen LogP contribution in [0.3, 0.4) is 0 Å². The van der Waals surface area contributed by atoms with Crippen molar-refractivity contribution in [3.05, 3.63) is 83.0 Å². The van der Waals surface area contributed by atoms with Gasteiger partial charge in [0.1, 0.15) is 33.8 Å². The van der Waals surface area contributed by atoms with Crippen LogP contribution in [0.1, 0.15) is 62.2 Å². The smallest absolute Gasteiger partial charge is 0.382 e. The molecule has 5 heterocycles. The Bertz CT molecular complexity index is 2460. The minimum Gasteiger partial charge on any atom is -0.491 e. The third kappa shape index (κ3) is 7.75. The molecule has 292 valence electrons. The van der Waals surface area contributed by atoms with Crippen molar-refractivity contribution in [2.45, 2.75) is 59.8 Å². The molecule has 7 rings (SSSR count). The zero-order valence-corrected chi connectivity index (χ0v) is 31.5. The molecule has 0 radical (unpaired) electrons. The minimum atomic E-state index is -1.12. The molecule has 17 nitrogen and oxygen atoms in total. The number of benzene rings is 2. The van der Waals surface area contributed by atoms with Crippen molar-refractivity contribution in [2.24, 2.45) is 0 Å². The zero-order valence-electron chi connectivity index (χ0n) is 31.5. The van der Waals surface area contributed by atoms with E-state index in [0.29, 0.717) is 103 Å². The van der Waals surface area contributed by atoms with Crippen LogP contribution in [0, 0.1) is 13.8 Å². The van der Waals surface area contributed by atoms with Gasteiger partial charge in [0.15, 0.2) is 0 Å². The maximum Gasteiger partial charge on any atom is 0.382 e. The van der Waals surface area contributed by atoms with Gasteiger partial charge in [0.05, 0.1) is 36.1 Å². The predicted molar refractivity (Wildman–Crippen MR) is 205 cm³/mol. The first-order valence-electron chi connectivity index (χ1n) is 18.3. The first-order valence-corrected chi connectivity index (χ1v) is 18.3. The Morgan fingerprint density at radius 3 is 2.30 bits per heavy atom. The van der Waals surface area contributed by atoms with E-state index in [1.807, 2.05) is 54.2 Å². The number of rotatable bonds is 10. The van der Waals surface area contributed by atoms with E-state index >= 15 is 0 Å². The third-order valence-electron chi connectivity index (χ3n) is 9.24. The largest absolute Gasteiger partial charge is 0.491 e. The first kappa shape index (κ1) is 37.6. The number of carbonyl (C=O) groups is 3. The molecular formula is C38H42FN11O6. The van der Waals surface area contributed by atoms with Crippen molar-refractivity contribution in [2.75, 3.05) is 37.4 Å². The molecule has 6 aromatic rings. The fourth-order valence-corrected chi connectivity index (χ4v) is 6.69. The van der Waals surface area contributed by atoms with Gasteiger partial charge in [-0.3, -0.25) is 24.3 Å². The van der Waals surface area contributed by atoms with E-state index in [4.69, 9.17) is 19.4 Å². The van der Waals surface area contributed by atoms with Gasteiger partial charge < -0.3 is 29.2 Å². The number of allylic oxidation sites excluding steroid dienone is 2. The highest BCUT2D eigenvalue weighted by Crippen LogP contribution is 2.33. The molecule has 0 unspecified atom stereocenters. The van der Waals surface area contributed by atoms with E-state index in [9.17, 15) is 18.9 Å². The number of amides is 2. The number of anilines is 2. The number of aryl methyl sites for hydroxylation is 4. The van der Waals surface area contributed by atoms with Gasteiger partial charge in [0.2, 0.25) is 11.9 Å². The molecule has 2 aromatic carbocycles. The van der Waals surface area contributed by atoms with Crippen molar-refractivity contribution in [1.82, 2.24) is 44.0 Å². The van der Waals surface area contributed by atoms with Gasteiger partial charge in [-0.05, 0) is 63.1 Å². The van der Waals surface area contributed by atoms with Crippen molar-refractivity contribution < 1.29 is 33.3 Å². The highest BCUT2D eigenvalue weighted by Gasteiger charge is 2.22. The van der Waals surface area contributed by atoms with Crippen LogP contribution in [0.2, 0.25) is 0 Å². The quantitative estimate of drug-likeness (QED) is 0.126. The number of imidazole rings is 2. The van der Waals surface area contributed by atoms with E-state index in [1.165, 1.54) is 17.1 Å². The molecule has 18 heteroatoms. The summed E-state index contributed by atoms with van der Waals surface area (Å²) in [6.45, 7) is 8.41. The average molecular weight is 768 g/mol. The number of halogens is 1. The van der Waals surface area contributed by atoms with Gasteiger partial charge >= 0.3 is 5.97 Å². The van der Waals surface area contributed by atoms with Gasteiger partial charge in [-0.15, -0.1) is 0 Å². The monoisotopic (exact) mass is 767 g/mol. The molecular weight excluding hydrogens is 725 g/mol. The van der Waals surface area contributed by atoms with Crippen LogP contribution in [-0.2, 0) is 31.1 Å². The van der Waals surface area contributed by atoms with E-state index in [-0.39, 0.29) is 24.0 Å². The summed E-state index contributed by atoms with van der Waals surface area (Å²) in [5.74, 6) is 0.346. The SMILES string of the molecule is CCn1nc(C)cc1C(=O)Nc1nc2cc(C)cc3c2n1C/C=C/Cn1c(NC)nc2cc(C(=O)NCCCn4cc(C(=O)OF)cn4)cc(c21)OCCCO3. The summed E-state index contributed by atoms with van der Waals surface area (Å²) < 4.78 is 32.0. The first-order chi connectivity index (χ1) is 27.2. The van der Waals surface area contributed by atoms with E-state index in [0.717, 1.165) is 16.8 Å². The molecule has 0 saturated heterocycles. The summed E-state index contributed by atoms with van der Waals surface area (Å²) >= 11 is 0. The van der Waals surface area contributed by atoms with Gasteiger partial charge in [0.25, 0.3) is 11.8 Å². The van der Waals surface area contributed by atoms with Crippen LogP contribution in [0.4, 0.5) is 16.4 Å². The summed E-state index contributed by atoms with van der Waals surface area (Å²) in [7, 11) is 1.78. The van der Waals surface area contributed by atoms with Crippen LogP contribution in [0.5, 0.6) is 11.5 Å². The van der Waals surface area contributed by atoms with Crippen molar-refractivity contribution in [3.63, 3.8) is 0 Å². The van der Waals surface area contributed by atoms with Crippen molar-refractivity contribution in [3.8, 4) is 11.5 Å². The molecule has 1 aliphatic heterocycles. The second kappa shape index (κ2) is 16.3. The maximum absolute atomic E-state index is 13.5. The Morgan fingerprint density at radius 1 is 0.893 bits per heavy atom. The summed E-state index contributed by atoms with van der Waals surface area (Å²) in [6, 6.07) is 9.11. The van der Waals surface area contributed by atoms with Crippen molar-refractivity contribution >= 4 is 51.7 Å². The van der Waals surface area contributed by atoms with Gasteiger partial charge in [0, 0.05) is 62.5 Å². The van der Waals surface area contributed by atoms with E-state index in [1.54, 1.807) is 29.9 Å². The third-order valence-corrected chi connectivity index (χ3v) is 9.24. The molecule has 0 bridgehead atoms. The molecule has 56 heavy (non-hydrogen) atoms. The molecule has 0 fully saturated rings. The van der Waals surface area contributed by atoms with Crippen LogP contribution in [-0.4, -0.2) is 83.3 Å². The number of hydrogen-bond donors (Lipinski definition) is 3. The Morgan fingerprint density at radius 2 is 1.59 bits per heavy atom. The topological polar surface area (TPSA) is 186 Å². The average Bonchev–Trinajstić information content (AvgIpc) is 3.98. The van der Waals surface area contributed by atoms with Crippen LogP contribution in [0.15, 0.2) is 54.9 Å². The van der Waals surface area contributed by atoms with E-state index < -0.39 is 5.97 Å². The minimum absolute atomic E-state index is 0.00527. The lowest BCUT2D eigenvalue weighted by molar-refractivity contribution is -0.0788. The number of ether oxygens (including phenoxy) is 2. The molecule has 4 aromatic heterocycles. The Kier molecular flexibility index (Phi) is 11.0. The van der Waals surface area contributed by atoms with Gasteiger partial charge in [-0.2, -0.15) is 10.2 Å². The Balaban J connectivity index is 1.14. The van der Waals surface area contributed by atoms with E-state index in [2.05, 4.69) is 31.1 Å². The highest BCUT2D eigenvalue weighted by atomic mass is 19.3. The fourth-order valence-electron chi connectivity index (χ4n) is 6.69. The molecule has 0 aliphatic carbocycles. The molecule has 0 spiro atoms. The highest BCUT2D eigenvalue weighted by molar-refractivity contribution is 6.03. The summed E-state index contributed by atoms with van der Waals surface area (Å²) in [5.41, 5.74) is 5.24. The van der Waals surface area contributed by atoms with Crippen molar-refractivity contribution in [1.29, 1.82) is 0 Å². The number of nitrogens with one attached hydrogen (secondary N) is 3. The lowest BCUT2D eigenvalue weighted by Crippen LogP contribution is -2.25. The molecule has 1 aliphatic rings.